The van der Waals surface area contributed by atoms with Crippen LogP contribution in [0.2, 0.25) is 0 Å². The number of amides is 1. The predicted molar refractivity (Wildman–Crippen MR) is 111 cm³/mol. The van der Waals surface area contributed by atoms with Gasteiger partial charge in [-0.3, -0.25) is 4.79 Å². The molecule has 1 aliphatic rings. The summed E-state index contributed by atoms with van der Waals surface area (Å²) < 4.78 is 11.7. The van der Waals surface area contributed by atoms with Crippen LogP contribution < -0.4 is 4.74 Å². The number of carbonyl (C=O) groups excluding carboxylic acids is 2. The Bertz CT molecular complexity index is 1110. The third-order valence-electron chi connectivity index (χ3n) is 5.28. The molecule has 1 unspecified atom stereocenters. The summed E-state index contributed by atoms with van der Waals surface area (Å²) in [5, 5.41) is 0.990. The van der Waals surface area contributed by atoms with Gasteiger partial charge in [-0.2, -0.15) is 0 Å². The average Bonchev–Trinajstić information content (AvgIpc) is 2.99. The van der Waals surface area contributed by atoms with Gasteiger partial charge < -0.3 is 14.4 Å². The van der Waals surface area contributed by atoms with Gasteiger partial charge in [0, 0.05) is 29.6 Å². The topological polar surface area (TPSA) is 60.8 Å². The van der Waals surface area contributed by atoms with Crippen molar-refractivity contribution in [2.75, 3.05) is 20.8 Å². The van der Waals surface area contributed by atoms with Gasteiger partial charge in [0.2, 0.25) is 0 Å². The van der Waals surface area contributed by atoms with Gasteiger partial charge in [0.1, 0.15) is 5.75 Å². The van der Waals surface area contributed by atoms with Crippen LogP contribution in [-0.2, 0) is 4.74 Å². The number of rotatable bonds is 2. The van der Waals surface area contributed by atoms with E-state index in [1.54, 1.807) is 47.0 Å². The molecule has 0 saturated carbocycles. The van der Waals surface area contributed by atoms with Crippen LogP contribution in [0.3, 0.4) is 0 Å². The molecule has 6 nitrogen and oxygen atoms in total. The number of aromatic nitrogens is 1. The van der Waals surface area contributed by atoms with E-state index in [0.717, 1.165) is 22.2 Å². The van der Waals surface area contributed by atoms with E-state index >= 15 is 0 Å². The minimum atomic E-state index is -0.450. The zero-order chi connectivity index (χ0) is 20.5. The summed E-state index contributed by atoms with van der Waals surface area (Å²) in [6, 6.07) is 14.8. The molecule has 6 heteroatoms. The Morgan fingerprint density at radius 1 is 1.03 bits per heavy atom. The Morgan fingerprint density at radius 3 is 2.45 bits per heavy atom. The number of hydrogen-bond donors (Lipinski definition) is 0. The number of carbonyl (C=O) groups is 2. The number of hydrogen-bond acceptors (Lipinski definition) is 4. The van der Waals surface area contributed by atoms with Crippen molar-refractivity contribution in [2.45, 2.75) is 12.8 Å². The summed E-state index contributed by atoms with van der Waals surface area (Å²) in [6.07, 6.45) is 3.11. The zero-order valence-corrected chi connectivity index (χ0v) is 16.6. The van der Waals surface area contributed by atoms with Gasteiger partial charge in [-0.05, 0) is 42.0 Å². The summed E-state index contributed by atoms with van der Waals surface area (Å²) in [6.45, 7) is 2.57. The molecule has 0 saturated heterocycles. The number of methoxy groups -OCH3 is 2. The van der Waals surface area contributed by atoms with Crippen molar-refractivity contribution in [1.82, 2.24) is 9.47 Å². The Morgan fingerprint density at radius 2 is 1.76 bits per heavy atom. The number of fused-ring (bicyclic) bond motifs is 3. The quantitative estimate of drug-likeness (QED) is 0.647. The molecule has 1 atom stereocenters. The molecular formula is C23H22N2O4. The van der Waals surface area contributed by atoms with Crippen LogP contribution in [0, 0.1) is 0 Å². The van der Waals surface area contributed by atoms with Gasteiger partial charge in [0.05, 0.1) is 25.4 Å². The lowest BCUT2D eigenvalue weighted by molar-refractivity contribution is 0.0818. The molecule has 2 heterocycles. The second-order valence-electron chi connectivity index (χ2n) is 7.02. The average molecular weight is 390 g/mol. The van der Waals surface area contributed by atoms with Crippen LogP contribution >= 0.6 is 0 Å². The van der Waals surface area contributed by atoms with E-state index in [0.29, 0.717) is 17.9 Å². The molecule has 3 aromatic rings. The molecular weight excluding hydrogens is 368 g/mol. The number of ether oxygens (including phenoxy) is 2. The third-order valence-corrected chi connectivity index (χ3v) is 5.28. The molecule has 148 valence electrons. The van der Waals surface area contributed by atoms with Crippen LogP contribution in [0.1, 0.15) is 34.5 Å². The molecule has 1 aromatic heterocycles. The first kappa shape index (κ1) is 18.8. The summed E-state index contributed by atoms with van der Waals surface area (Å²) >= 11 is 0. The zero-order valence-electron chi connectivity index (χ0n) is 16.6. The molecule has 0 fully saturated rings. The number of benzene rings is 2. The van der Waals surface area contributed by atoms with Crippen molar-refractivity contribution in [2.24, 2.45) is 0 Å². The van der Waals surface area contributed by atoms with Crippen LogP contribution in [0.15, 0.2) is 54.7 Å². The van der Waals surface area contributed by atoms with Crippen molar-refractivity contribution < 1.29 is 19.1 Å². The summed E-state index contributed by atoms with van der Waals surface area (Å²) in [5.41, 5.74) is 3.16. The first-order valence-electron chi connectivity index (χ1n) is 9.40. The van der Waals surface area contributed by atoms with E-state index in [9.17, 15) is 9.59 Å². The second kappa shape index (κ2) is 7.47. The van der Waals surface area contributed by atoms with Gasteiger partial charge >= 0.3 is 6.09 Å². The Balaban J connectivity index is 1.77. The highest BCUT2D eigenvalue weighted by atomic mass is 16.5. The third kappa shape index (κ3) is 3.16. The van der Waals surface area contributed by atoms with E-state index in [-0.39, 0.29) is 11.8 Å². The molecule has 29 heavy (non-hydrogen) atoms. The lowest BCUT2D eigenvalue weighted by Gasteiger charge is -2.21. The molecule has 0 bridgehead atoms. The van der Waals surface area contributed by atoms with Gasteiger partial charge in [-0.1, -0.05) is 25.1 Å². The molecule has 0 spiro atoms. The maximum Gasteiger partial charge on any atom is 0.418 e. The van der Waals surface area contributed by atoms with Crippen molar-refractivity contribution in [3.8, 4) is 5.75 Å². The molecule has 2 aromatic carbocycles. The molecule has 0 N–H and O–H groups in total. The largest absolute Gasteiger partial charge is 0.497 e. The summed E-state index contributed by atoms with van der Waals surface area (Å²) in [4.78, 5) is 27.2. The Kier molecular flexibility index (Phi) is 4.84. The van der Waals surface area contributed by atoms with E-state index < -0.39 is 6.09 Å². The highest BCUT2D eigenvalue weighted by molar-refractivity contribution is 5.98. The Hall–Kier alpha value is -3.54. The SMILES string of the molecule is COC(=O)n1c2c(c3ccccc31)C(C)CN(C(=O)c1ccc(OC)cc1)C=C2. The van der Waals surface area contributed by atoms with Crippen molar-refractivity contribution in [1.29, 1.82) is 0 Å². The van der Waals surface area contributed by atoms with Crippen LogP contribution in [0.5, 0.6) is 5.75 Å². The molecule has 4 rings (SSSR count). The molecule has 0 radical (unpaired) electrons. The smallest absolute Gasteiger partial charge is 0.418 e. The summed E-state index contributed by atoms with van der Waals surface area (Å²) in [7, 11) is 2.96. The van der Waals surface area contributed by atoms with Gasteiger partial charge in [-0.25, -0.2) is 9.36 Å². The second-order valence-corrected chi connectivity index (χ2v) is 7.02. The van der Waals surface area contributed by atoms with E-state index in [1.165, 1.54) is 7.11 Å². The number of nitrogens with zero attached hydrogens (tertiary/aromatic N) is 2. The standard InChI is InChI=1S/C23H22N2O4/c1-15-14-24(22(26)16-8-10-17(28-2)11-9-16)13-12-20-21(15)18-6-4-5-7-19(18)25(20)23(27)29-3/h4-13,15H,14H2,1-3H3. The lowest BCUT2D eigenvalue weighted by Crippen LogP contribution is -2.28. The fourth-order valence-corrected chi connectivity index (χ4v) is 3.91. The highest BCUT2D eigenvalue weighted by Gasteiger charge is 2.28. The molecule has 1 aliphatic heterocycles. The van der Waals surface area contributed by atoms with Crippen LogP contribution in [0.4, 0.5) is 4.79 Å². The van der Waals surface area contributed by atoms with Gasteiger partial charge in [-0.15, -0.1) is 0 Å². The maximum absolute atomic E-state index is 13.0. The van der Waals surface area contributed by atoms with Gasteiger partial charge in [0.15, 0.2) is 0 Å². The van der Waals surface area contributed by atoms with Crippen molar-refractivity contribution in [3.63, 3.8) is 0 Å². The van der Waals surface area contributed by atoms with Gasteiger partial charge in [0.25, 0.3) is 5.91 Å². The van der Waals surface area contributed by atoms with E-state index in [4.69, 9.17) is 9.47 Å². The molecule has 0 aliphatic carbocycles. The summed E-state index contributed by atoms with van der Waals surface area (Å²) in [5.74, 6) is 0.625. The normalized spacial score (nSPS) is 15.7. The van der Waals surface area contributed by atoms with Crippen LogP contribution in [-0.4, -0.2) is 42.2 Å². The highest BCUT2D eigenvalue weighted by Crippen LogP contribution is 2.36. The van der Waals surface area contributed by atoms with E-state index in [1.807, 2.05) is 30.3 Å². The van der Waals surface area contributed by atoms with Crippen LogP contribution in [0.25, 0.3) is 17.0 Å². The first-order valence-corrected chi connectivity index (χ1v) is 9.40. The fourth-order valence-electron chi connectivity index (χ4n) is 3.91. The minimum Gasteiger partial charge on any atom is -0.497 e. The number of para-hydroxylation sites is 1. The Labute approximate surface area is 168 Å². The minimum absolute atomic E-state index is 0.0259. The first-order chi connectivity index (χ1) is 14.0. The van der Waals surface area contributed by atoms with Crippen molar-refractivity contribution >= 4 is 29.0 Å². The molecule has 1 amide bonds. The lowest BCUT2D eigenvalue weighted by atomic mass is 9.97. The van der Waals surface area contributed by atoms with Crippen molar-refractivity contribution in [3.05, 3.63) is 71.6 Å². The predicted octanol–water partition coefficient (Wildman–Crippen LogP) is 4.49. The monoisotopic (exact) mass is 390 g/mol. The maximum atomic E-state index is 13.0. The fraction of sp³-hybridized carbons (Fsp3) is 0.217. The van der Waals surface area contributed by atoms with E-state index in [2.05, 4.69) is 6.92 Å².